The van der Waals surface area contributed by atoms with Gasteiger partial charge in [-0.1, -0.05) is 0 Å². The molecule has 2 heterocycles. The highest BCUT2D eigenvalue weighted by atomic mass is 16.7. The van der Waals surface area contributed by atoms with E-state index < -0.39 is 0 Å². The number of rotatable bonds is 0. The molecule has 0 aromatic rings. The van der Waals surface area contributed by atoms with Crippen LogP contribution in [0.1, 0.15) is 12.8 Å². The Morgan fingerprint density at radius 2 is 2.22 bits per heavy atom. The van der Waals surface area contributed by atoms with E-state index in [1.165, 1.54) is 0 Å². The molecule has 2 saturated heterocycles. The Balaban J connectivity index is 2.03. The molecule has 2 rings (SSSR count). The van der Waals surface area contributed by atoms with Gasteiger partial charge in [0.1, 0.15) is 0 Å². The molecule has 0 saturated carbocycles. The van der Waals surface area contributed by atoms with E-state index in [-0.39, 0.29) is 18.5 Å². The van der Waals surface area contributed by atoms with Gasteiger partial charge in [-0.05, 0) is 0 Å². The van der Waals surface area contributed by atoms with Gasteiger partial charge >= 0.3 is 0 Å². The first-order valence-electron chi connectivity index (χ1n) is 3.30. The summed E-state index contributed by atoms with van der Waals surface area (Å²) in [5, 5.41) is 9.13. The monoisotopic (exact) mass is 130 g/mol. The lowest BCUT2D eigenvalue weighted by Gasteiger charge is -2.21. The fraction of sp³-hybridized carbons (Fsp3) is 1.00. The van der Waals surface area contributed by atoms with Gasteiger partial charge in [0.15, 0.2) is 6.29 Å². The molecule has 3 nitrogen and oxygen atoms in total. The van der Waals surface area contributed by atoms with Gasteiger partial charge in [0.25, 0.3) is 0 Å². The van der Waals surface area contributed by atoms with Crippen molar-refractivity contribution in [3.63, 3.8) is 0 Å². The van der Waals surface area contributed by atoms with Crippen molar-refractivity contribution in [3.05, 3.63) is 0 Å². The molecule has 1 N–H and O–H groups in total. The zero-order valence-electron chi connectivity index (χ0n) is 5.12. The molecule has 2 bridgehead atoms. The van der Waals surface area contributed by atoms with Crippen LogP contribution in [-0.4, -0.2) is 30.2 Å². The molecular weight excluding hydrogens is 120 g/mol. The molecule has 3 heteroatoms. The number of aliphatic hydroxyl groups is 1. The van der Waals surface area contributed by atoms with Gasteiger partial charge in [-0.15, -0.1) is 0 Å². The normalized spacial score (nSPS) is 49.7. The van der Waals surface area contributed by atoms with E-state index in [9.17, 15) is 0 Å². The Labute approximate surface area is 53.6 Å². The maximum atomic E-state index is 9.13. The second-order valence-electron chi connectivity index (χ2n) is 2.65. The zero-order valence-corrected chi connectivity index (χ0v) is 5.12. The van der Waals surface area contributed by atoms with E-state index in [1.54, 1.807) is 0 Å². The molecule has 9 heavy (non-hydrogen) atoms. The predicted octanol–water partition coefficient (Wildman–Crippen LogP) is -0.117. The Bertz CT molecular complexity index is 103. The van der Waals surface area contributed by atoms with Crippen molar-refractivity contribution >= 4 is 0 Å². The molecule has 0 radical (unpaired) electrons. The minimum absolute atomic E-state index is 0.112. The summed E-state index contributed by atoms with van der Waals surface area (Å²) in [6.45, 7) is 0.668. The molecule has 2 aliphatic heterocycles. The highest BCUT2D eigenvalue weighted by Gasteiger charge is 2.34. The van der Waals surface area contributed by atoms with Gasteiger partial charge < -0.3 is 14.6 Å². The summed E-state index contributed by atoms with van der Waals surface area (Å²) >= 11 is 0. The highest BCUT2D eigenvalue weighted by Crippen LogP contribution is 2.26. The maximum Gasteiger partial charge on any atom is 0.160 e. The van der Waals surface area contributed by atoms with Crippen LogP contribution >= 0.6 is 0 Å². The third-order valence-corrected chi connectivity index (χ3v) is 1.81. The third kappa shape index (κ3) is 0.956. The minimum atomic E-state index is -0.198. The summed E-state index contributed by atoms with van der Waals surface area (Å²) in [5.74, 6) is 0. The number of hydrogen-bond donors (Lipinski definition) is 1. The van der Waals surface area contributed by atoms with Crippen molar-refractivity contribution in [3.8, 4) is 0 Å². The maximum absolute atomic E-state index is 9.13. The first kappa shape index (κ1) is 5.65. The van der Waals surface area contributed by atoms with Crippen molar-refractivity contribution in [2.75, 3.05) is 6.61 Å². The number of fused-ring (bicyclic) bond motifs is 2. The first-order chi connectivity index (χ1) is 4.34. The molecule has 0 unspecified atom stereocenters. The average molecular weight is 130 g/mol. The summed E-state index contributed by atoms with van der Waals surface area (Å²) in [4.78, 5) is 0. The SMILES string of the molecule is O[C@@H]1C[C@H]2CO[C@@H](C1)O2. The van der Waals surface area contributed by atoms with Crippen LogP contribution in [0.2, 0.25) is 0 Å². The van der Waals surface area contributed by atoms with Gasteiger partial charge in [0.05, 0.1) is 18.8 Å². The smallest absolute Gasteiger partial charge is 0.160 e. The van der Waals surface area contributed by atoms with Crippen LogP contribution in [0.5, 0.6) is 0 Å². The molecule has 0 aromatic heterocycles. The molecule has 0 spiro atoms. The molecule has 0 aromatic carbocycles. The summed E-state index contributed by atoms with van der Waals surface area (Å²) in [5.41, 5.74) is 0. The van der Waals surface area contributed by atoms with E-state index in [0.29, 0.717) is 13.0 Å². The van der Waals surface area contributed by atoms with Crippen LogP contribution in [0, 0.1) is 0 Å². The summed E-state index contributed by atoms with van der Waals surface area (Å²) in [7, 11) is 0. The fourth-order valence-corrected chi connectivity index (χ4v) is 1.38. The molecular formula is C6H10O3. The summed E-state index contributed by atoms with van der Waals surface area (Å²) in [6.07, 6.45) is 1.25. The van der Waals surface area contributed by atoms with Crippen molar-refractivity contribution < 1.29 is 14.6 Å². The van der Waals surface area contributed by atoms with Gasteiger partial charge in [-0.25, -0.2) is 0 Å². The Hall–Kier alpha value is -0.120. The number of hydrogen-bond acceptors (Lipinski definition) is 3. The minimum Gasteiger partial charge on any atom is -0.393 e. The largest absolute Gasteiger partial charge is 0.393 e. The van der Waals surface area contributed by atoms with Crippen molar-refractivity contribution in [2.24, 2.45) is 0 Å². The quantitative estimate of drug-likeness (QED) is 0.497. The number of aliphatic hydroxyl groups excluding tert-OH is 1. The van der Waals surface area contributed by atoms with Gasteiger partial charge in [-0.2, -0.15) is 0 Å². The van der Waals surface area contributed by atoms with Crippen LogP contribution in [-0.2, 0) is 9.47 Å². The van der Waals surface area contributed by atoms with Crippen LogP contribution in [0.3, 0.4) is 0 Å². The Morgan fingerprint density at radius 1 is 1.33 bits per heavy atom. The second-order valence-corrected chi connectivity index (χ2v) is 2.65. The van der Waals surface area contributed by atoms with Crippen LogP contribution < -0.4 is 0 Å². The molecule has 2 aliphatic rings. The standard InChI is InChI=1S/C6H10O3/c7-4-1-5-3-8-6(2-4)9-5/h4-7H,1-3H2/t4-,5+,6-/m1/s1. The third-order valence-electron chi connectivity index (χ3n) is 1.81. The highest BCUT2D eigenvalue weighted by molar-refractivity contribution is 4.77. The zero-order chi connectivity index (χ0) is 6.27. The predicted molar refractivity (Wildman–Crippen MR) is 29.9 cm³/mol. The van der Waals surface area contributed by atoms with Crippen LogP contribution in [0.25, 0.3) is 0 Å². The topological polar surface area (TPSA) is 38.7 Å². The van der Waals surface area contributed by atoms with Gasteiger partial charge in [0.2, 0.25) is 0 Å². The van der Waals surface area contributed by atoms with Crippen molar-refractivity contribution in [1.29, 1.82) is 0 Å². The lowest BCUT2D eigenvalue weighted by Crippen LogP contribution is -2.28. The van der Waals surface area contributed by atoms with Crippen molar-refractivity contribution in [1.82, 2.24) is 0 Å². The van der Waals surface area contributed by atoms with E-state index in [1.807, 2.05) is 0 Å². The fourth-order valence-electron chi connectivity index (χ4n) is 1.38. The average Bonchev–Trinajstić information content (AvgIpc) is 2.11. The van der Waals surface area contributed by atoms with Gasteiger partial charge in [0, 0.05) is 12.8 Å². The Kier molecular flexibility index (Phi) is 1.22. The van der Waals surface area contributed by atoms with Crippen LogP contribution in [0.4, 0.5) is 0 Å². The molecule has 3 atom stereocenters. The Morgan fingerprint density at radius 3 is 3.00 bits per heavy atom. The van der Waals surface area contributed by atoms with Gasteiger partial charge in [-0.3, -0.25) is 0 Å². The van der Waals surface area contributed by atoms with E-state index in [4.69, 9.17) is 14.6 Å². The lowest BCUT2D eigenvalue weighted by atomic mass is 10.1. The molecule has 2 fully saturated rings. The second kappa shape index (κ2) is 1.94. The molecule has 52 valence electrons. The van der Waals surface area contributed by atoms with E-state index in [0.717, 1.165) is 6.42 Å². The summed E-state index contributed by atoms with van der Waals surface area (Å²) < 4.78 is 10.5. The molecule has 0 amide bonds. The number of ether oxygens (including phenoxy) is 2. The van der Waals surface area contributed by atoms with Crippen molar-refractivity contribution in [2.45, 2.75) is 31.3 Å². The first-order valence-corrected chi connectivity index (χ1v) is 3.30. The summed E-state index contributed by atoms with van der Waals surface area (Å²) in [6, 6.07) is 0. The molecule has 0 aliphatic carbocycles. The van der Waals surface area contributed by atoms with Crippen LogP contribution in [0.15, 0.2) is 0 Å². The van der Waals surface area contributed by atoms with E-state index >= 15 is 0 Å². The van der Waals surface area contributed by atoms with E-state index in [2.05, 4.69) is 0 Å². The lowest BCUT2D eigenvalue weighted by molar-refractivity contribution is -0.116.